The van der Waals surface area contributed by atoms with Crippen molar-refractivity contribution in [2.45, 2.75) is 6.92 Å². The minimum absolute atomic E-state index is 0.854. The Hall–Kier alpha value is -1.22. The van der Waals surface area contributed by atoms with Gasteiger partial charge in [-0.25, -0.2) is 0 Å². The van der Waals surface area contributed by atoms with Crippen molar-refractivity contribution < 1.29 is 4.74 Å². The summed E-state index contributed by atoms with van der Waals surface area (Å²) in [6.45, 7) is 7.77. The summed E-state index contributed by atoms with van der Waals surface area (Å²) in [4.78, 5) is 4.84. The topological polar surface area (TPSA) is 15.7 Å². The summed E-state index contributed by atoms with van der Waals surface area (Å²) in [7, 11) is 1.71. The Morgan fingerprint density at radius 3 is 2.69 bits per heavy atom. The molecule has 3 heteroatoms. The van der Waals surface area contributed by atoms with Crippen molar-refractivity contribution in [3.05, 3.63) is 24.3 Å². The molecule has 0 unspecified atom stereocenters. The number of hydrogen-bond acceptors (Lipinski definition) is 3. The van der Waals surface area contributed by atoms with Gasteiger partial charge in [-0.05, 0) is 12.6 Å². The second-order valence-electron chi connectivity index (χ2n) is 4.01. The fraction of sp³-hybridized carbons (Fsp3) is 0.538. The standard InChI is InChI=1S/C13H19N2O/c1-3-14-8-10-15(11-9-14)12-6-4-5-7-13(12)16-2/h4-6H,3,8-11H2,1-2H3. The Morgan fingerprint density at radius 2 is 2.06 bits per heavy atom. The third-order valence-corrected chi connectivity index (χ3v) is 3.16. The van der Waals surface area contributed by atoms with Crippen LogP contribution in [0.25, 0.3) is 0 Å². The lowest BCUT2D eigenvalue weighted by Crippen LogP contribution is -2.46. The van der Waals surface area contributed by atoms with Gasteiger partial charge in [0.15, 0.2) is 0 Å². The van der Waals surface area contributed by atoms with E-state index in [0.717, 1.165) is 38.5 Å². The van der Waals surface area contributed by atoms with E-state index >= 15 is 0 Å². The number of methoxy groups -OCH3 is 1. The quantitative estimate of drug-likeness (QED) is 0.768. The lowest BCUT2D eigenvalue weighted by atomic mass is 10.2. The van der Waals surface area contributed by atoms with Crippen LogP contribution in [0.4, 0.5) is 5.69 Å². The van der Waals surface area contributed by atoms with E-state index in [-0.39, 0.29) is 0 Å². The minimum atomic E-state index is 0.854. The van der Waals surface area contributed by atoms with Crippen LogP contribution < -0.4 is 9.64 Å². The van der Waals surface area contributed by atoms with Crippen LogP contribution in [0, 0.1) is 6.07 Å². The normalized spacial score (nSPS) is 17.5. The molecule has 87 valence electrons. The molecule has 2 rings (SSSR count). The first kappa shape index (κ1) is 11.3. The molecule has 0 aliphatic carbocycles. The molecule has 16 heavy (non-hydrogen) atoms. The summed E-state index contributed by atoms with van der Waals surface area (Å²) in [5.41, 5.74) is 1.17. The van der Waals surface area contributed by atoms with E-state index < -0.39 is 0 Å². The monoisotopic (exact) mass is 219 g/mol. The first-order valence-corrected chi connectivity index (χ1v) is 5.87. The van der Waals surface area contributed by atoms with Gasteiger partial charge in [0.1, 0.15) is 5.75 Å². The molecule has 1 aromatic carbocycles. The predicted octanol–water partition coefficient (Wildman–Crippen LogP) is 1.64. The number of nitrogens with zero attached hydrogens (tertiary/aromatic N) is 2. The van der Waals surface area contributed by atoms with Gasteiger partial charge in [0.2, 0.25) is 0 Å². The molecule has 1 aliphatic heterocycles. The second-order valence-corrected chi connectivity index (χ2v) is 4.01. The molecule has 1 aromatic rings. The smallest absolute Gasteiger partial charge is 0.150 e. The van der Waals surface area contributed by atoms with Crippen molar-refractivity contribution in [2.75, 3.05) is 44.7 Å². The van der Waals surface area contributed by atoms with Crippen LogP contribution in [-0.2, 0) is 0 Å². The Labute approximate surface area is 97.6 Å². The van der Waals surface area contributed by atoms with Crippen molar-refractivity contribution in [3.63, 3.8) is 0 Å². The molecular formula is C13H19N2O. The molecule has 0 saturated carbocycles. The van der Waals surface area contributed by atoms with Crippen molar-refractivity contribution in [2.24, 2.45) is 0 Å². The first-order valence-electron chi connectivity index (χ1n) is 5.87. The SMILES string of the molecule is CCN1CCN(c2ccc[c]c2OC)CC1. The van der Waals surface area contributed by atoms with Crippen LogP contribution in [0.1, 0.15) is 6.92 Å². The molecule has 1 aliphatic rings. The molecule has 0 amide bonds. The lowest BCUT2D eigenvalue weighted by Gasteiger charge is -2.36. The largest absolute Gasteiger partial charge is 0.494 e. The summed E-state index contributed by atoms with van der Waals surface area (Å²) in [5.74, 6) is 0.854. The first-order chi connectivity index (χ1) is 7.85. The van der Waals surface area contributed by atoms with E-state index in [4.69, 9.17) is 4.74 Å². The lowest BCUT2D eigenvalue weighted by molar-refractivity contribution is 0.270. The number of ether oxygens (including phenoxy) is 1. The fourth-order valence-electron chi connectivity index (χ4n) is 2.13. The zero-order valence-corrected chi connectivity index (χ0v) is 10.1. The van der Waals surface area contributed by atoms with Gasteiger partial charge >= 0.3 is 0 Å². The number of piperazine rings is 1. The highest BCUT2D eigenvalue weighted by Gasteiger charge is 2.18. The maximum absolute atomic E-state index is 5.34. The number of benzene rings is 1. The number of anilines is 1. The average molecular weight is 219 g/mol. The van der Waals surface area contributed by atoms with Crippen LogP contribution >= 0.6 is 0 Å². The Balaban J connectivity index is 2.07. The average Bonchev–Trinajstić information content (AvgIpc) is 2.39. The van der Waals surface area contributed by atoms with Gasteiger partial charge in [-0.1, -0.05) is 19.1 Å². The summed E-state index contributed by atoms with van der Waals surface area (Å²) < 4.78 is 5.34. The molecule has 1 fully saturated rings. The van der Waals surface area contributed by atoms with E-state index in [1.165, 1.54) is 5.69 Å². The molecule has 1 heterocycles. The fourth-order valence-corrected chi connectivity index (χ4v) is 2.13. The minimum Gasteiger partial charge on any atom is -0.494 e. The van der Waals surface area contributed by atoms with Crippen LogP contribution in [0.2, 0.25) is 0 Å². The van der Waals surface area contributed by atoms with E-state index in [2.05, 4.69) is 28.9 Å². The highest BCUT2D eigenvalue weighted by molar-refractivity contribution is 5.58. The van der Waals surface area contributed by atoms with Crippen LogP contribution in [0.15, 0.2) is 18.2 Å². The van der Waals surface area contributed by atoms with Gasteiger partial charge in [0, 0.05) is 32.2 Å². The number of hydrogen-bond donors (Lipinski definition) is 0. The van der Waals surface area contributed by atoms with Crippen molar-refractivity contribution in [3.8, 4) is 5.75 Å². The van der Waals surface area contributed by atoms with Crippen LogP contribution in [0.3, 0.4) is 0 Å². The molecule has 1 radical (unpaired) electrons. The third kappa shape index (κ3) is 2.30. The summed E-state index contributed by atoms with van der Waals surface area (Å²) in [6, 6.07) is 9.15. The highest BCUT2D eigenvalue weighted by Crippen LogP contribution is 2.27. The van der Waals surface area contributed by atoms with Gasteiger partial charge in [-0.15, -0.1) is 0 Å². The van der Waals surface area contributed by atoms with Gasteiger partial charge in [-0.3, -0.25) is 0 Å². The van der Waals surface area contributed by atoms with Gasteiger partial charge in [0.05, 0.1) is 12.8 Å². The van der Waals surface area contributed by atoms with Gasteiger partial charge < -0.3 is 14.5 Å². The Morgan fingerprint density at radius 1 is 1.31 bits per heavy atom. The van der Waals surface area contributed by atoms with E-state index in [9.17, 15) is 0 Å². The maximum Gasteiger partial charge on any atom is 0.150 e. The number of rotatable bonds is 3. The second kappa shape index (κ2) is 5.21. The molecule has 1 saturated heterocycles. The highest BCUT2D eigenvalue weighted by atomic mass is 16.5. The van der Waals surface area contributed by atoms with E-state index in [1.54, 1.807) is 7.11 Å². The Bertz CT molecular complexity index is 332. The Kier molecular flexibility index (Phi) is 3.67. The van der Waals surface area contributed by atoms with Crippen LogP contribution in [-0.4, -0.2) is 44.7 Å². The van der Waals surface area contributed by atoms with Crippen molar-refractivity contribution >= 4 is 5.69 Å². The molecule has 0 bridgehead atoms. The zero-order chi connectivity index (χ0) is 11.4. The number of para-hydroxylation sites is 1. The number of likely N-dealkylation sites (N-methyl/N-ethyl adjacent to an activating group) is 1. The van der Waals surface area contributed by atoms with E-state index in [1.807, 2.05) is 12.1 Å². The molecule has 3 nitrogen and oxygen atoms in total. The van der Waals surface area contributed by atoms with Crippen LogP contribution in [0.5, 0.6) is 5.75 Å². The maximum atomic E-state index is 5.34. The molecular weight excluding hydrogens is 200 g/mol. The van der Waals surface area contributed by atoms with Crippen molar-refractivity contribution in [1.29, 1.82) is 0 Å². The molecule has 0 aromatic heterocycles. The molecule has 0 atom stereocenters. The third-order valence-electron chi connectivity index (χ3n) is 3.16. The van der Waals surface area contributed by atoms with Gasteiger partial charge in [0.25, 0.3) is 0 Å². The molecule has 0 spiro atoms. The van der Waals surface area contributed by atoms with Gasteiger partial charge in [-0.2, -0.15) is 0 Å². The van der Waals surface area contributed by atoms with E-state index in [0.29, 0.717) is 0 Å². The van der Waals surface area contributed by atoms with Crippen molar-refractivity contribution in [1.82, 2.24) is 4.90 Å². The molecule has 0 N–H and O–H groups in total. The predicted molar refractivity (Wildman–Crippen MR) is 66.2 cm³/mol. The summed E-state index contributed by atoms with van der Waals surface area (Å²) in [6.07, 6.45) is 0. The zero-order valence-electron chi connectivity index (χ0n) is 10.1. The summed E-state index contributed by atoms with van der Waals surface area (Å²) in [5, 5.41) is 0. The summed E-state index contributed by atoms with van der Waals surface area (Å²) >= 11 is 0.